The van der Waals surface area contributed by atoms with Crippen molar-refractivity contribution in [3.8, 4) is 0 Å². The number of nitrogens with one attached hydrogen (secondary N) is 2. The van der Waals surface area contributed by atoms with E-state index in [1.807, 2.05) is 0 Å². The number of ether oxygens (including phenoxy) is 2. The molecule has 0 fully saturated rings. The highest BCUT2D eigenvalue weighted by atomic mass is 16.7. The van der Waals surface area contributed by atoms with Crippen LogP contribution in [0.2, 0.25) is 0 Å². The molecule has 156 valence electrons. The highest BCUT2D eigenvalue weighted by molar-refractivity contribution is 6.00. The maximum absolute atomic E-state index is 12.2. The van der Waals surface area contributed by atoms with Crippen molar-refractivity contribution < 1.29 is 38.3 Å². The predicted octanol–water partition coefficient (Wildman–Crippen LogP) is 0.776. The lowest BCUT2D eigenvalue weighted by atomic mass is 10.0. The summed E-state index contributed by atoms with van der Waals surface area (Å²) < 4.78 is 9.38. The Bertz CT molecular complexity index is 775. The summed E-state index contributed by atoms with van der Waals surface area (Å²) in [4.78, 5) is 55.9. The second kappa shape index (κ2) is 12.8. The Hall–Kier alpha value is -3.50. The van der Waals surface area contributed by atoms with Crippen LogP contribution in [0.4, 0.5) is 0 Å². The third-order valence-electron chi connectivity index (χ3n) is 3.27. The average molecular weight is 406 g/mol. The van der Waals surface area contributed by atoms with Crippen molar-refractivity contribution >= 4 is 23.8 Å². The number of hydrogen-bond donors (Lipinski definition) is 2. The SMILES string of the molecule is C=CC(=O)OCCONC(=O)c1ccc(C)c(C(=O)NOCCOC(=O)C=C)c1. The third kappa shape index (κ3) is 8.82. The Labute approximate surface area is 167 Å². The zero-order chi connectivity index (χ0) is 21.6. The first kappa shape index (κ1) is 23.5. The minimum Gasteiger partial charge on any atom is -0.460 e. The molecule has 10 nitrogen and oxygen atoms in total. The second-order valence-corrected chi connectivity index (χ2v) is 5.33. The molecule has 0 radical (unpaired) electrons. The molecular formula is C19H22N2O8. The van der Waals surface area contributed by atoms with Gasteiger partial charge in [0.1, 0.15) is 26.4 Å². The van der Waals surface area contributed by atoms with E-state index in [1.165, 1.54) is 12.1 Å². The monoisotopic (exact) mass is 406 g/mol. The van der Waals surface area contributed by atoms with Crippen molar-refractivity contribution in [1.29, 1.82) is 0 Å². The summed E-state index contributed by atoms with van der Waals surface area (Å²) in [5.41, 5.74) is 5.36. The highest BCUT2D eigenvalue weighted by Gasteiger charge is 2.14. The third-order valence-corrected chi connectivity index (χ3v) is 3.27. The summed E-state index contributed by atoms with van der Waals surface area (Å²) in [5, 5.41) is 0. The van der Waals surface area contributed by atoms with Gasteiger partial charge in [0, 0.05) is 23.3 Å². The van der Waals surface area contributed by atoms with Crippen LogP contribution in [0.5, 0.6) is 0 Å². The van der Waals surface area contributed by atoms with E-state index < -0.39 is 23.8 Å². The zero-order valence-electron chi connectivity index (χ0n) is 15.9. The molecule has 0 unspecified atom stereocenters. The Morgan fingerprint density at radius 2 is 1.38 bits per heavy atom. The Balaban J connectivity index is 2.49. The molecular weight excluding hydrogens is 384 g/mol. The number of carbonyl (C=O) groups excluding carboxylic acids is 4. The molecule has 0 saturated carbocycles. The largest absolute Gasteiger partial charge is 0.460 e. The first-order valence-electron chi connectivity index (χ1n) is 8.42. The fourth-order valence-electron chi connectivity index (χ4n) is 1.84. The Morgan fingerprint density at radius 1 is 0.862 bits per heavy atom. The van der Waals surface area contributed by atoms with Gasteiger partial charge in [-0.2, -0.15) is 0 Å². The molecule has 10 heteroatoms. The molecule has 1 aromatic rings. The van der Waals surface area contributed by atoms with Gasteiger partial charge in [-0.15, -0.1) is 0 Å². The second-order valence-electron chi connectivity index (χ2n) is 5.33. The maximum atomic E-state index is 12.2. The van der Waals surface area contributed by atoms with Crippen LogP contribution in [0.25, 0.3) is 0 Å². The van der Waals surface area contributed by atoms with E-state index in [2.05, 4.69) is 28.9 Å². The number of hydroxylamine groups is 2. The minimum atomic E-state index is -0.602. The molecule has 0 heterocycles. The summed E-state index contributed by atoms with van der Waals surface area (Å²) in [7, 11) is 0. The van der Waals surface area contributed by atoms with Gasteiger partial charge in [0.25, 0.3) is 11.8 Å². The molecule has 0 bridgehead atoms. The molecule has 29 heavy (non-hydrogen) atoms. The van der Waals surface area contributed by atoms with Crippen LogP contribution in [0.15, 0.2) is 43.5 Å². The minimum absolute atomic E-state index is 0.0607. The number of amides is 2. The van der Waals surface area contributed by atoms with Gasteiger partial charge >= 0.3 is 11.9 Å². The van der Waals surface area contributed by atoms with Crippen molar-refractivity contribution in [2.75, 3.05) is 26.4 Å². The topological polar surface area (TPSA) is 129 Å². The lowest BCUT2D eigenvalue weighted by Gasteiger charge is -2.10. The normalized spacial score (nSPS) is 9.83. The van der Waals surface area contributed by atoms with Gasteiger partial charge in [-0.25, -0.2) is 20.5 Å². The number of aryl methyl sites for hydroxylation is 1. The lowest BCUT2D eigenvalue weighted by molar-refractivity contribution is -0.140. The van der Waals surface area contributed by atoms with Crippen molar-refractivity contribution in [1.82, 2.24) is 11.0 Å². The number of rotatable bonds is 12. The molecule has 1 rings (SSSR count). The van der Waals surface area contributed by atoms with Crippen LogP contribution < -0.4 is 11.0 Å². The fourth-order valence-corrected chi connectivity index (χ4v) is 1.84. The number of esters is 2. The molecule has 0 atom stereocenters. The number of benzene rings is 1. The van der Waals surface area contributed by atoms with E-state index in [4.69, 9.17) is 14.4 Å². The van der Waals surface area contributed by atoms with E-state index >= 15 is 0 Å². The standard InChI is InChI=1S/C19H22N2O8/c1-4-16(22)26-8-10-28-20-18(24)14-7-6-13(3)15(12-14)19(25)21-29-11-9-27-17(23)5-2/h4-7,12H,1-2,8-11H2,3H3,(H,20,24)(H,21,25). The smallest absolute Gasteiger partial charge is 0.330 e. The van der Waals surface area contributed by atoms with E-state index in [-0.39, 0.29) is 37.6 Å². The number of hydrogen-bond acceptors (Lipinski definition) is 8. The van der Waals surface area contributed by atoms with Crippen LogP contribution in [-0.4, -0.2) is 50.2 Å². The van der Waals surface area contributed by atoms with Crippen LogP contribution in [0.3, 0.4) is 0 Å². The van der Waals surface area contributed by atoms with Crippen LogP contribution in [0.1, 0.15) is 26.3 Å². The van der Waals surface area contributed by atoms with Gasteiger partial charge in [-0.05, 0) is 24.6 Å². The van der Waals surface area contributed by atoms with E-state index in [0.29, 0.717) is 5.56 Å². The predicted molar refractivity (Wildman–Crippen MR) is 100 cm³/mol. The van der Waals surface area contributed by atoms with Crippen LogP contribution >= 0.6 is 0 Å². The first-order chi connectivity index (χ1) is 13.9. The molecule has 0 aliphatic heterocycles. The Morgan fingerprint density at radius 3 is 1.90 bits per heavy atom. The van der Waals surface area contributed by atoms with E-state index in [0.717, 1.165) is 12.2 Å². The van der Waals surface area contributed by atoms with Crippen molar-refractivity contribution in [3.63, 3.8) is 0 Å². The van der Waals surface area contributed by atoms with Gasteiger partial charge in [0.05, 0.1) is 0 Å². The molecule has 2 amide bonds. The molecule has 0 aromatic heterocycles. The van der Waals surface area contributed by atoms with Crippen molar-refractivity contribution in [2.24, 2.45) is 0 Å². The Kier molecular flexibility index (Phi) is 10.4. The van der Waals surface area contributed by atoms with Gasteiger partial charge in [0.15, 0.2) is 0 Å². The first-order valence-corrected chi connectivity index (χ1v) is 8.42. The average Bonchev–Trinajstić information content (AvgIpc) is 2.72. The maximum Gasteiger partial charge on any atom is 0.330 e. The summed E-state index contributed by atoms with van der Waals surface area (Å²) in [6.07, 6.45) is 2.02. The van der Waals surface area contributed by atoms with E-state index in [1.54, 1.807) is 13.0 Å². The fraction of sp³-hybridized carbons (Fsp3) is 0.263. The number of carbonyl (C=O) groups is 4. The van der Waals surface area contributed by atoms with Crippen molar-refractivity contribution in [3.05, 3.63) is 60.2 Å². The molecule has 0 saturated heterocycles. The van der Waals surface area contributed by atoms with Gasteiger partial charge < -0.3 is 9.47 Å². The quantitative estimate of drug-likeness (QED) is 0.225. The molecule has 0 aliphatic rings. The van der Waals surface area contributed by atoms with Gasteiger partial charge in [-0.1, -0.05) is 19.2 Å². The van der Waals surface area contributed by atoms with Gasteiger partial charge in [0.2, 0.25) is 0 Å². The summed E-state index contributed by atoms with van der Waals surface area (Å²) in [5.74, 6) is -2.37. The molecule has 0 aliphatic carbocycles. The highest BCUT2D eigenvalue weighted by Crippen LogP contribution is 2.11. The van der Waals surface area contributed by atoms with Crippen molar-refractivity contribution in [2.45, 2.75) is 6.92 Å². The zero-order valence-corrected chi connectivity index (χ0v) is 15.9. The summed E-state index contributed by atoms with van der Waals surface area (Å²) >= 11 is 0. The van der Waals surface area contributed by atoms with Crippen LogP contribution in [-0.2, 0) is 28.7 Å². The lowest BCUT2D eigenvalue weighted by Crippen LogP contribution is -2.28. The van der Waals surface area contributed by atoms with Crippen LogP contribution in [0, 0.1) is 6.92 Å². The summed E-state index contributed by atoms with van der Waals surface area (Å²) in [6.45, 7) is 7.93. The molecule has 0 spiro atoms. The molecule has 2 N–H and O–H groups in total. The van der Waals surface area contributed by atoms with E-state index in [9.17, 15) is 19.2 Å². The molecule has 1 aromatic carbocycles. The summed E-state index contributed by atoms with van der Waals surface area (Å²) in [6, 6.07) is 4.46. The van der Waals surface area contributed by atoms with Gasteiger partial charge in [-0.3, -0.25) is 19.3 Å².